The Labute approximate surface area is 185 Å². The maximum absolute atomic E-state index is 15.2. The van der Waals surface area contributed by atoms with Gasteiger partial charge in [-0.15, -0.1) is 0 Å². The molecule has 3 heterocycles. The molecule has 1 aliphatic rings. The van der Waals surface area contributed by atoms with Gasteiger partial charge in [0.2, 0.25) is 5.89 Å². The first-order valence-electron chi connectivity index (χ1n) is 10.8. The van der Waals surface area contributed by atoms with E-state index in [1.807, 2.05) is 52.0 Å². The van der Waals surface area contributed by atoms with Crippen LogP contribution in [-0.4, -0.2) is 24.7 Å². The number of rotatable bonds is 4. The molecule has 0 unspecified atom stereocenters. The van der Waals surface area contributed by atoms with Crippen LogP contribution in [0.25, 0.3) is 11.0 Å². The van der Waals surface area contributed by atoms with Crippen molar-refractivity contribution in [1.82, 2.24) is 24.7 Å². The van der Waals surface area contributed by atoms with Gasteiger partial charge in [0.05, 0.1) is 5.39 Å². The van der Waals surface area contributed by atoms with Crippen LogP contribution in [0.4, 0.5) is 4.39 Å². The van der Waals surface area contributed by atoms with Gasteiger partial charge >= 0.3 is 0 Å². The van der Waals surface area contributed by atoms with Crippen LogP contribution in [-0.2, 0) is 12.2 Å². The fourth-order valence-electron chi connectivity index (χ4n) is 3.97. The van der Waals surface area contributed by atoms with Crippen molar-refractivity contribution in [3.8, 4) is 0 Å². The molecule has 7 nitrogen and oxygen atoms in total. The minimum atomic E-state index is -1.36. The number of alkyl halides is 1. The third-order valence-corrected chi connectivity index (χ3v) is 5.80. The fourth-order valence-corrected chi connectivity index (χ4v) is 3.97. The van der Waals surface area contributed by atoms with E-state index in [4.69, 9.17) is 4.52 Å². The van der Waals surface area contributed by atoms with Gasteiger partial charge < -0.3 is 4.52 Å². The Morgan fingerprint density at radius 3 is 2.56 bits per heavy atom. The molecule has 1 saturated carbocycles. The Morgan fingerprint density at radius 2 is 1.84 bits per heavy atom. The Bertz CT molecular complexity index is 1290. The predicted octanol–water partition coefficient (Wildman–Crippen LogP) is 4.61. The van der Waals surface area contributed by atoms with Crippen LogP contribution in [0.3, 0.4) is 0 Å². The van der Waals surface area contributed by atoms with Crippen LogP contribution in [0, 0.1) is 13.8 Å². The van der Waals surface area contributed by atoms with E-state index in [2.05, 4.69) is 20.1 Å². The molecule has 32 heavy (non-hydrogen) atoms. The highest BCUT2D eigenvalue weighted by Crippen LogP contribution is 2.53. The van der Waals surface area contributed by atoms with Gasteiger partial charge in [0.1, 0.15) is 18.5 Å². The number of benzene rings is 1. The van der Waals surface area contributed by atoms with Gasteiger partial charge in [-0.25, -0.2) is 14.4 Å². The smallest absolute Gasteiger partial charge is 0.263 e. The summed E-state index contributed by atoms with van der Waals surface area (Å²) in [5, 5.41) is 4.49. The third-order valence-electron chi connectivity index (χ3n) is 5.80. The van der Waals surface area contributed by atoms with Gasteiger partial charge in [-0.1, -0.05) is 48.8 Å². The van der Waals surface area contributed by atoms with Gasteiger partial charge in [0.25, 0.3) is 5.56 Å². The average molecular weight is 436 g/mol. The number of aryl methyl sites for hydroxylation is 2. The second kappa shape index (κ2) is 8.61. The molecule has 0 bridgehead atoms. The summed E-state index contributed by atoms with van der Waals surface area (Å²) in [7, 11) is 0. The van der Waals surface area contributed by atoms with Crippen LogP contribution >= 0.6 is 0 Å². The predicted molar refractivity (Wildman–Crippen MR) is 119 cm³/mol. The van der Waals surface area contributed by atoms with E-state index in [0.717, 1.165) is 11.1 Å². The molecule has 166 valence electrons. The zero-order valence-electron chi connectivity index (χ0n) is 18.7. The first kappa shape index (κ1) is 21.8. The van der Waals surface area contributed by atoms with Crippen molar-refractivity contribution in [2.75, 3.05) is 0 Å². The topological polar surface area (TPSA) is 86.7 Å². The number of pyridine rings is 1. The zero-order chi connectivity index (χ0) is 22.9. The Hall–Kier alpha value is -3.42. The van der Waals surface area contributed by atoms with Crippen LogP contribution < -0.4 is 5.56 Å². The number of halogens is 1. The van der Waals surface area contributed by atoms with Gasteiger partial charge in [-0.3, -0.25) is 9.36 Å². The highest BCUT2D eigenvalue weighted by Gasteiger charge is 2.48. The molecule has 1 aromatic carbocycles. The van der Waals surface area contributed by atoms with E-state index in [9.17, 15) is 4.79 Å². The van der Waals surface area contributed by atoms with E-state index in [1.54, 1.807) is 12.3 Å². The Kier molecular flexibility index (Phi) is 5.86. The van der Waals surface area contributed by atoms with E-state index in [0.29, 0.717) is 41.2 Å². The zero-order valence-corrected chi connectivity index (χ0v) is 18.7. The molecule has 0 aliphatic heterocycles. The molecule has 0 amide bonds. The number of hydrogen-bond donors (Lipinski definition) is 0. The second-order valence-corrected chi connectivity index (χ2v) is 7.99. The summed E-state index contributed by atoms with van der Waals surface area (Å²) in [6.45, 7) is 7.93. The molecule has 4 aromatic rings. The van der Waals surface area contributed by atoms with E-state index in [-0.39, 0.29) is 18.0 Å². The number of nitrogens with zero attached hydrogens (tertiary/aromatic N) is 5. The summed E-state index contributed by atoms with van der Waals surface area (Å²) < 4.78 is 21.9. The summed E-state index contributed by atoms with van der Waals surface area (Å²) in [5.74, 6) is 0.665. The van der Waals surface area contributed by atoms with Crippen molar-refractivity contribution >= 4 is 11.0 Å². The van der Waals surface area contributed by atoms with Crippen LogP contribution in [0.1, 0.15) is 61.0 Å². The quantitative estimate of drug-likeness (QED) is 0.465. The molecule has 0 atom stereocenters. The molecule has 5 rings (SSSR count). The number of fused-ring (bicyclic) bond motifs is 1. The fraction of sp³-hybridized carbons (Fsp3) is 0.375. The maximum atomic E-state index is 15.2. The monoisotopic (exact) mass is 435 g/mol. The van der Waals surface area contributed by atoms with Crippen molar-refractivity contribution in [3.63, 3.8) is 0 Å². The van der Waals surface area contributed by atoms with Crippen molar-refractivity contribution in [2.45, 2.75) is 58.7 Å². The molecular weight excluding hydrogens is 409 g/mol. The summed E-state index contributed by atoms with van der Waals surface area (Å²) >= 11 is 0. The number of aromatic nitrogens is 5. The van der Waals surface area contributed by atoms with Gasteiger partial charge in [-0.05, 0) is 43.9 Å². The standard InChI is InChI=1S/C22H20FN5O2.C2H6/c1-13-3-5-16(6-4-13)22(23)9-15(10-22)19-26-17(30-27-19)11-28-12-25-20-18(21(28)29)14(2)7-8-24-20;1-2/h3-8,12,15H,9-11H2,1-2H3;1-2H3. The Morgan fingerprint density at radius 1 is 1.12 bits per heavy atom. The molecule has 0 N–H and O–H groups in total. The molecule has 0 spiro atoms. The lowest BCUT2D eigenvalue weighted by Crippen LogP contribution is -2.36. The van der Waals surface area contributed by atoms with Crippen molar-refractivity contribution < 1.29 is 8.91 Å². The highest BCUT2D eigenvalue weighted by atomic mass is 19.1. The average Bonchev–Trinajstić information content (AvgIpc) is 3.23. The van der Waals surface area contributed by atoms with Crippen LogP contribution in [0.5, 0.6) is 0 Å². The van der Waals surface area contributed by atoms with Gasteiger partial charge in [-0.2, -0.15) is 4.98 Å². The molecule has 0 radical (unpaired) electrons. The van der Waals surface area contributed by atoms with E-state index in [1.165, 1.54) is 10.9 Å². The Balaban J connectivity index is 0.00000119. The van der Waals surface area contributed by atoms with E-state index >= 15 is 4.39 Å². The summed E-state index contributed by atoms with van der Waals surface area (Å²) in [5.41, 5.74) is 1.44. The lowest BCUT2D eigenvalue weighted by molar-refractivity contribution is 0.0336. The van der Waals surface area contributed by atoms with Gasteiger partial charge in [0.15, 0.2) is 11.5 Å². The number of hydrogen-bond acceptors (Lipinski definition) is 6. The van der Waals surface area contributed by atoms with Crippen LogP contribution in [0.2, 0.25) is 0 Å². The molecule has 1 aliphatic carbocycles. The van der Waals surface area contributed by atoms with Crippen molar-refractivity contribution in [3.05, 3.63) is 81.6 Å². The lowest BCUT2D eigenvalue weighted by atomic mass is 9.68. The summed E-state index contributed by atoms with van der Waals surface area (Å²) in [6, 6.07) is 9.28. The van der Waals surface area contributed by atoms with Crippen molar-refractivity contribution in [1.29, 1.82) is 0 Å². The highest BCUT2D eigenvalue weighted by molar-refractivity contribution is 5.76. The second-order valence-electron chi connectivity index (χ2n) is 7.99. The van der Waals surface area contributed by atoms with Crippen LogP contribution in [0.15, 0.2) is 52.2 Å². The molecule has 8 heteroatoms. The summed E-state index contributed by atoms with van der Waals surface area (Å²) in [4.78, 5) is 25.5. The van der Waals surface area contributed by atoms with Gasteiger partial charge in [0, 0.05) is 12.1 Å². The largest absolute Gasteiger partial charge is 0.337 e. The third kappa shape index (κ3) is 3.92. The minimum Gasteiger partial charge on any atom is -0.337 e. The van der Waals surface area contributed by atoms with Crippen molar-refractivity contribution in [2.24, 2.45) is 0 Å². The SMILES string of the molecule is CC.Cc1ccc(C2(F)CC(c3noc(Cn4cnc5nccc(C)c5c4=O)n3)C2)cc1. The molecule has 1 fully saturated rings. The van der Waals surface area contributed by atoms with E-state index < -0.39 is 5.67 Å². The molecule has 3 aromatic heterocycles. The molecular formula is C24H26FN5O2. The molecule has 0 saturated heterocycles. The normalized spacial score (nSPS) is 19.8. The first-order chi connectivity index (χ1) is 15.4. The maximum Gasteiger partial charge on any atom is 0.263 e. The first-order valence-corrected chi connectivity index (χ1v) is 10.8. The summed E-state index contributed by atoms with van der Waals surface area (Å²) in [6.07, 6.45) is 3.68. The lowest BCUT2D eigenvalue weighted by Gasteiger charge is -2.40. The minimum absolute atomic E-state index is 0.105.